The van der Waals surface area contributed by atoms with Crippen molar-refractivity contribution in [3.05, 3.63) is 0 Å². The molecule has 0 aromatic carbocycles. The highest BCUT2D eigenvalue weighted by Crippen LogP contribution is 2.15. The van der Waals surface area contributed by atoms with Crippen molar-refractivity contribution in [1.82, 2.24) is 4.90 Å². The number of nitrogens with two attached hydrogens (primary N) is 1. The van der Waals surface area contributed by atoms with Crippen LogP contribution in [0.25, 0.3) is 0 Å². The molecule has 2 N–H and O–H groups in total. The Morgan fingerprint density at radius 2 is 2.43 bits per heavy atom. The minimum absolute atomic E-state index is 0.468. The summed E-state index contributed by atoms with van der Waals surface area (Å²) in [4.78, 5) is 2.85. The first kappa shape index (κ1) is 11.9. The predicted octanol–water partition coefficient (Wildman–Crippen LogP) is 1.16. The van der Waals surface area contributed by atoms with E-state index in [1.165, 1.54) is 12.8 Å². The zero-order chi connectivity index (χ0) is 10.4. The highest BCUT2D eigenvalue weighted by Gasteiger charge is 2.16. The Kier molecular flexibility index (Phi) is 5.37. The monoisotopic (exact) mass is 216 g/mol. The fraction of sp³-hybridized carbons (Fsp3) is 0.900. The molecule has 3 nitrogen and oxygen atoms in total. The molecule has 1 fully saturated rings. The van der Waals surface area contributed by atoms with Gasteiger partial charge in [0.25, 0.3) is 0 Å². The smallest absolute Gasteiger partial charge is 0.0870 e. The largest absolute Gasteiger partial charge is 0.392 e. The molecule has 1 rings (SSSR count). The molecule has 0 aromatic rings. The standard InChI is InChI=1S/C10H20N2OS/c1-2-12(8-10(11)14)6-5-9-4-3-7-13-9/h9H,2-8H2,1H3,(H2,11,14). The molecule has 0 aromatic heterocycles. The fourth-order valence-corrected chi connectivity index (χ4v) is 1.95. The first-order valence-electron chi connectivity index (χ1n) is 5.34. The zero-order valence-corrected chi connectivity index (χ0v) is 9.68. The number of hydrogen-bond acceptors (Lipinski definition) is 3. The minimum atomic E-state index is 0.468. The van der Waals surface area contributed by atoms with E-state index >= 15 is 0 Å². The van der Waals surface area contributed by atoms with Gasteiger partial charge < -0.3 is 10.5 Å². The number of likely N-dealkylation sites (N-methyl/N-ethyl adjacent to an activating group) is 1. The van der Waals surface area contributed by atoms with Crippen molar-refractivity contribution in [3.63, 3.8) is 0 Å². The Morgan fingerprint density at radius 1 is 1.64 bits per heavy atom. The third-order valence-corrected chi connectivity index (χ3v) is 2.75. The van der Waals surface area contributed by atoms with E-state index < -0.39 is 0 Å². The van der Waals surface area contributed by atoms with Crippen LogP contribution in [0.4, 0.5) is 0 Å². The molecular weight excluding hydrogens is 196 g/mol. The maximum Gasteiger partial charge on any atom is 0.0870 e. The van der Waals surface area contributed by atoms with Gasteiger partial charge in [-0.1, -0.05) is 19.1 Å². The second kappa shape index (κ2) is 6.32. The van der Waals surface area contributed by atoms with E-state index in [1.54, 1.807) is 0 Å². The molecule has 0 aliphatic carbocycles. The van der Waals surface area contributed by atoms with E-state index in [9.17, 15) is 0 Å². The highest BCUT2D eigenvalue weighted by molar-refractivity contribution is 7.80. The lowest BCUT2D eigenvalue weighted by Gasteiger charge is -2.21. The number of thiocarbonyl (C=S) groups is 1. The Hall–Kier alpha value is -0.190. The van der Waals surface area contributed by atoms with Crippen LogP contribution in [0.3, 0.4) is 0 Å². The average Bonchev–Trinajstić information content (AvgIpc) is 2.64. The van der Waals surface area contributed by atoms with Crippen LogP contribution < -0.4 is 5.73 Å². The summed E-state index contributed by atoms with van der Waals surface area (Å²) >= 11 is 4.89. The lowest BCUT2D eigenvalue weighted by atomic mass is 10.2. The van der Waals surface area contributed by atoms with Crippen molar-refractivity contribution >= 4 is 17.2 Å². The first-order chi connectivity index (χ1) is 6.72. The molecule has 1 atom stereocenters. The van der Waals surface area contributed by atoms with Gasteiger partial charge in [0.1, 0.15) is 0 Å². The lowest BCUT2D eigenvalue weighted by Crippen LogP contribution is -2.34. The lowest BCUT2D eigenvalue weighted by molar-refractivity contribution is 0.0945. The van der Waals surface area contributed by atoms with Crippen LogP contribution in [-0.2, 0) is 4.74 Å². The molecular formula is C10H20N2OS. The van der Waals surface area contributed by atoms with Gasteiger partial charge in [-0.3, -0.25) is 4.90 Å². The fourth-order valence-electron chi connectivity index (χ4n) is 1.77. The molecule has 0 radical (unpaired) electrons. The zero-order valence-electron chi connectivity index (χ0n) is 8.87. The normalized spacial score (nSPS) is 21.7. The molecule has 82 valence electrons. The Morgan fingerprint density at radius 3 is 2.93 bits per heavy atom. The average molecular weight is 216 g/mol. The van der Waals surface area contributed by atoms with Crippen molar-refractivity contribution in [2.45, 2.75) is 32.3 Å². The highest BCUT2D eigenvalue weighted by atomic mass is 32.1. The Bertz CT molecular complexity index is 181. The van der Waals surface area contributed by atoms with Crippen molar-refractivity contribution < 1.29 is 4.74 Å². The van der Waals surface area contributed by atoms with Crippen molar-refractivity contribution in [2.75, 3.05) is 26.2 Å². The third kappa shape index (κ3) is 4.35. The summed E-state index contributed by atoms with van der Waals surface area (Å²) < 4.78 is 5.56. The maximum absolute atomic E-state index is 5.56. The number of hydrogen-bond donors (Lipinski definition) is 1. The molecule has 4 heteroatoms. The Balaban J connectivity index is 2.15. The van der Waals surface area contributed by atoms with Crippen molar-refractivity contribution in [3.8, 4) is 0 Å². The van der Waals surface area contributed by atoms with E-state index in [2.05, 4.69) is 11.8 Å². The quantitative estimate of drug-likeness (QED) is 0.676. The second-order valence-corrected chi connectivity index (χ2v) is 4.28. The van der Waals surface area contributed by atoms with Crippen LogP contribution in [0, 0.1) is 0 Å². The molecule has 0 spiro atoms. The summed E-state index contributed by atoms with van der Waals surface area (Å²) in [5.41, 5.74) is 5.51. The van der Waals surface area contributed by atoms with Gasteiger partial charge in [-0.05, 0) is 25.8 Å². The van der Waals surface area contributed by atoms with E-state index in [-0.39, 0.29) is 0 Å². The molecule has 1 saturated heterocycles. The van der Waals surface area contributed by atoms with Crippen LogP contribution >= 0.6 is 12.2 Å². The summed E-state index contributed by atoms with van der Waals surface area (Å²) in [7, 11) is 0. The predicted molar refractivity (Wildman–Crippen MR) is 62.5 cm³/mol. The first-order valence-corrected chi connectivity index (χ1v) is 5.75. The summed E-state index contributed by atoms with van der Waals surface area (Å²) in [5.74, 6) is 0. The SMILES string of the molecule is CCN(CCC1CCCO1)CC(N)=S. The summed E-state index contributed by atoms with van der Waals surface area (Å²) in [6.45, 7) is 5.85. The molecule has 0 saturated carbocycles. The number of nitrogens with zero attached hydrogens (tertiary/aromatic N) is 1. The van der Waals surface area contributed by atoms with Gasteiger partial charge in [-0.15, -0.1) is 0 Å². The molecule has 1 aliphatic heterocycles. The summed E-state index contributed by atoms with van der Waals surface area (Å²) in [6, 6.07) is 0. The van der Waals surface area contributed by atoms with E-state index in [0.717, 1.165) is 32.7 Å². The van der Waals surface area contributed by atoms with Gasteiger partial charge in [0.2, 0.25) is 0 Å². The van der Waals surface area contributed by atoms with Gasteiger partial charge >= 0.3 is 0 Å². The number of ether oxygens (including phenoxy) is 1. The van der Waals surface area contributed by atoms with E-state index in [4.69, 9.17) is 22.7 Å². The molecule has 1 unspecified atom stereocenters. The maximum atomic E-state index is 5.56. The van der Waals surface area contributed by atoms with Crippen LogP contribution in [0.1, 0.15) is 26.2 Å². The second-order valence-electron chi connectivity index (χ2n) is 3.76. The number of rotatable bonds is 6. The van der Waals surface area contributed by atoms with Crippen molar-refractivity contribution in [2.24, 2.45) is 5.73 Å². The van der Waals surface area contributed by atoms with Crippen LogP contribution in [-0.4, -0.2) is 42.2 Å². The van der Waals surface area contributed by atoms with Crippen LogP contribution in [0.5, 0.6) is 0 Å². The third-order valence-electron chi connectivity index (χ3n) is 2.62. The van der Waals surface area contributed by atoms with Gasteiger partial charge in [0.15, 0.2) is 0 Å². The minimum Gasteiger partial charge on any atom is -0.392 e. The van der Waals surface area contributed by atoms with E-state index in [1.807, 2.05) is 0 Å². The summed E-state index contributed by atoms with van der Waals surface area (Å²) in [5, 5.41) is 0. The van der Waals surface area contributed by atoms with Gasteiger partial charge in [-0.2, -0.15) is 0 Å². The molecule has 1 aliphatic rings. The van der Waals surface area contributed by atoms with Gasteiger partial charge in [0, 0.05) is 19.7 Å². The van der Waals surface area contributed by atoms with Crippen molar-refractivity contribution in [1.29, 1.82) is 0 Å². The van der Waals surface area contributed by atoms with Crippen LogP contribution in [0.2, 0.25) is 0 Å². The molecule has 14 heavy (non-hydrogen) atoms. The molecule has 0 amide bonds. The van der Waals surface area contributed by atoms with Gasteiger partial charge in [0.05, 0.1) is 11.1 Å². The molecule has 0 bridgehead atoms. The Labute approximate surface area is 91.6 Å². The topological polar surface area (TPSA) is 38.5 Å². The van der Waals surface area contributed by atoms with Gasteiger partial charge in [-0.25, -0.2) is 0 Å². The molecule has 1 heterocycles. The summed E-state index contributed by atoms with van der Waals surface area (Å²) in [6.07, 6.45) is 4.00. The van der Waals surface area contributed by atoms with E-state index in [0.29, 0.717) is 11.1 Å². The van der Waals surface area contributed by atoms with Crippen LogP contribution in [0.15, 0.2) is 0 Å².